The van der Waals surface area contributed by atoms with E-state index in [9.17, 15) is 24.0 Å². The number of anilines is 1. The largest absolute Gasteiger partial charge is 0.374 e. The third-order valence-corrected chi connectivity index (χ3v) is 16.7. The van der Waals surface area contributed by atoms with Crippen LogP contribution >= 0.6 is 10.0 Å². The molecule has 14 heteroatoms. The Balaban J connectivity index is 0.836. The number of para-hydroxylation sites is 1. The van der Waals surface area contributed by atoms with Gasteiger partial charge in [0, 0.05) is 50.7 Å². The summed E-state index contributed by atoms with van der Waals surface area (Å²) >= 11 is 0. The maximum atomic E-state index is 13.9. The van der Waals surface area contributed by atoms with E-state index in [1.54, 1.807) is 23.4 Å². The van der Waals surface area contributed by atoms with E-state index in [0.29, 0.717) is 31.1 Å². The molecule has 2 fully saturated rings. The van der Waals surface area contributed by atoms with Gasteiger partial charge in [0.2, 0.25) is 29.5 Å². The number of hydrogen-bond acceptors (Lipinski definition) is 8. The number of rotatable bonds is 18. The second-order valence-corrected chi connectivity index (χ2v) is 23.9. The van der Waals surface area contributed by atoms with Crippen molar-refractivity contribution < 1.29 is 28.7 Å². The second kappa shape index (κ2) is 18.1. The first-order valence-corrected chi connectivity index (χ1v) is 25.0. The van der Waals surface area contributed by atoms with Gasteiger partial charge < -0.3 is 20.3 Å². The molecule has 3 heterocycles. The Morgan fingerprint density at radius 2 is 1.55 bits per heavy atom. The van der Waals surface area contributed by atoms with Gasteiger partial charge in [0.1, 0.15) is 5.69 Å². The van der Waals surface area contributed by atoms with E-state index in [1.165, 1.54) is 16.4 Å². The van der Waals surface area contributed by atoms with Crippen molar-refractivity contribution in [3.05, 3.63) is 66.2 Å². The average molecular weight is 868 g/mol. The van der Waals surface area contributed by atoms with Crippen LogP contribution in [0.5, 0.6) is 0 Å². The van der Waals surface area contributed by atoms with Crippen molar-refractivity contribution >= 4 is 45.3 Å². The maximum absolute atomic E-state index is 13.9. The zero-order chi connectivity index (χ0) is 44.6. The summed E-state index contributed by atoms with van der Waals surface area (Å²) in [5.74, 6) is 1.65. The first-order chi connectivity index (χ1) is 29.4. The molecule has 2 aromatic carbocycles. The first-order valence-electron chi connectivity index (χ1n) is 22.2. The highest BCUT2D eigenvalue weighted by molar-refractivity contribution is 8.32. The molecule has 3 aromatic rings. The van der Waals surface area contributed by atoms with Crippen LogP contribution in [-0.2, 0) is 42.3 Å². The monoisotopic (exact) mass is 867 g/mol. The third kappa shape index (κ3) is 9.27. The molecule has 2 N–H and O–H groups in total. The molecule has 334 valence electrons. The van der Waals surface area contributed by atoms with Gasteiger partial charge in [0.15, 0.2) is 0 Å². The van der Waals surface area contributed by atoms with Crippen LogP contribution in [0.1, 0.15) is 72.3 Å². The number of allylic oxidation sites excluding steroid dienone is 2. The van der Waals surface area contributed by atoms with E-state index >= 15 is 0 Å². The van der Waals surface area contributed by atoms with Crippen molar-refractivity contribution in [3.63, 3.8) is 0 Å². The number of carbonyl (C=O) groups is 5. The summed E-state index contributed by atoms with van der Waals surface area (Å²) in [6, 6.07) is 15.7. The predicted molar refractivity (Wildman–Crippen MR) is 244 cm³/mol. The topological polar surface area (TPSA) is 156 Å². The molecule has 4 unspecified atom stereocenters. The lowest BCUT2D eigenvalue weighted by atomic mass is 9.85. The number of aromatic nitrogens is 3. The number of fused-ring (bicyclic) bond motifs is 10. The van der Waals surface area contributed by atoms with E-state index < -0.39 is 21.0 Å². The molecule has 1 saturated heterocycles. The Hall–Kier alpha value is -4.82. The first kappa shape index (κ1) is 45.2. The number of ether oxygens (including phenoxy) is 1. The standard InChI is InChI=1S/C48H65N7O6S/c1-9-62(7,8)28-14-18-33-34-20-21-35(33)41-40(34)44(58)54(45(41)59)27-23-38(56)49-26-24-48(4,5)61-30-47(2,3)46(60)50-25-22-39(57)55-29-31-15-10-11-16-32(31)43-42(51-52-53(43)6)36-17-12-13-19-37(36)55/h10-13,15-17,19-21,33-35,40-41H,9,14,18,22-30H2,1-8H3,(H,49,56)(H,50,60). The molecule has 2 bridgehead atoms. The van der Waals surface area contributed by atoms with E-state index in [1.807, 2.05) is 69.4 Å². The van der Waals surface area contributed by atoms with Gasteiger partial charge in [-0.2, -0.15) is 0 Å². The van der Waals surface area contributed by atoms with Crippen LogP contribution in [0.4, 0.5) is 5.69 Å². The predicted octanol–water partition coefficient (Wildman–Crippen LogP) is 6.12. The Morgan fingerprint density at radius 1 is 0.887 bits per heavy atom. The fourth-order valence-electron chi connectivity index (χ4n) is 9.71. The minimum atomic E-state index is -0.896. The highest BCUT2D eigenvalue weighted by atomic mass is 32.3. The van der Waals surface area contributed by atoms with Crippen LogP contribution in [0.2, 0.25) is 0 Å². The van der Waals surface area contributed by atoms with Crippen molar-refractivity contribution in [1.82, 2.24) is 30.5 Å². The fourth-order valence-corrected chi connectivity index (χ4v) is 10.9. The molecule has 7 rings (SSSR count). The van der Waals surface area contributed by atoms with Crippen molar-refractivity contribution in [3.8, 4) is 22.5 Å². The summed E-state index contributed by atoms with van der Waals surface area (Å²) in [5, 5.41) is 14.7. The number of benzene rings is 2. The highest BCUT2D eigenvalue weighted by Crippen LogP contribution is 2.58. The second-order valence-electron chi connectivity index (χ2n) is 19.3. The molecule has 0 spiro atoms. The normalized spacial score (nSPS) is 21.8. The summed E-state index contributed by atoms with van der Waals surface area (Å²) in [7, 11) is 1.29. The number of imide groups is 1. The Morgan fingerprint density at radius 3 is 2.24 bits per heavy atom. The van der Waals surface area contributed by atoms with Gasteiger partial charge in [-0.05, 0) is 100 Å². The molecule has 1 saturated carbocycles. The third-order valence-electron chi connectivity index (χ3n) is 13.7. The molecule has 0 radical (unpaired) electrons. The van der Waals surface area contributed by atoms with E-state index in [4.69, 9.17) is 4.74 Å². The zero-order valence-corrected chi connectivity index (χ0v) is 38.6. The van der Waals surface area contributed by atoms with Crippen LogP contribution in [-0.4, -0.2) is 105 Å². The number of likely N-dealkylation sites (tertiary alicyclic amines) is 1. The van der Waals surface area contributed by atoms with Crippen molar-refractivity contribution in [2.24, 2.45) is 42.1 Å². The van der Waals surface area contributed by atoms with Gasteiger partial charge in [-0.25, -0.2) is 14.7 Å². The number of hydrogen-bond donors (Lipinski definition) is 2. The van der Waals surface area contributed by atoms with Crippen molar-refractivity contribution in [2.45, 2.75) is 78.9 Å². The molecule has 5 amide bonds. The zero-order valence-electron chi connectivity index (χ0n) is 37.7. The number of aryl methyl sites for hydroxylation is 1. The number of nitrogens with zero attached hydrogens (tertiary/aromatic N) is 5. The molecular weight excluding hydrogens is 803 g/mol. The summed E-state index contributed by atoms with van der Waals surface area (Å²) in [6.07, 6.45) is 11.9. The van der Waals surface area contributed by atoms with Gasteiger partial charge in [0.25, 0.3) is 0 Å². The maximum Gasteiger partial charge on any atom is 0.233 e. The molecule has 2 aliphatic carbocycles. The molecule has 62 heavy (non-hydrogen) atoms. The van der Waals surface area contributed by atoms with Crippen LogP contribution in [0.25, 0.3) is 22.5 Å². The van der Waals surface area contributed by atoms with Gasteiger partial charge in [-0.1, -0.05) is 66.8 Å². The Kier molecular flexibility index (Phi) is 13.2. The molecule has 4 aliphatic rings. The number of nitrogens with one attached hydrogen (secondary N) is 2. The van der Waals surface area contributed by atoms with Crippen LogP contribution in [0, 0.1) is 35.0 Å². The Labute approximate surface area is 368 Å². The summed E-state index contributed by atoms with van der Waals surface area (Å²) < 4.78 is 8.01. The van der Waals surface area contributed by atoms with Gasteiger partial charge in [-0.3, -0.25) is 28.9 Å². The quantitative estimate of drug-likeness (QED) is 0.115. The lowest BCUT2D eigenvalue weighted by Gasteiger charge is -2.31. The fraction of sp³-hybridized carbons (Fsp3) is 0.562. The SMILES string of the molecule is CCS(C)(C)CCCC1C2C=CC1C1C(=O)N(CCC(=O)NCCC(C)(C)OCC(C)(C)C(=O)NCCC(=O)N3Cc4ccccc4-c4c(nnn4C)-c4ccccc43)C(=O)C21. The number of amides is 5. The Bertz CT molecular complexity index is 2200. The molecule has 1 aromatic heterocycles. The van der Waals surface area contributed by atoms with E-state index in [-0.39, 0.29) is 85.7 Å². The lowest BCUT2D eigenvalue weighted by molar-refractivity contribution is -0.141. The van der Waals surface area contributed by atoms with Crippen LogP contribution in [0.15, 0.2) is 60.7 Å². The molecule has 13 nitrogen and oxygen atoms in total. The van der Waals surface area contributed by atoms with Crippen LogP contribution < -0.4 is 15.5 Å². The lowest BCUT2D eigenvalue weighted by Crippen LogP contribution is -2.44. The smallest absolute Gasteiger partial charge is 0.233 e. The minimum absolute atomic E-state index is 0.0508. The minimum Gasteiger partial charge on any atom is -0.374 e. The summed E-state index contributed by atoms with van der Waals surface area (Å²) in [5.41, 5.74) is 3.54. The average Bonchev–Trinajstić information content (AvgIpc) is 3.97. The van der Waals surface area contributed by atoms with E-state index in [0.717, 1.165) is 40.9 Å². The van der Waals surface area contributed by atoms with Gasteiger partial charge >= 0.3 is 0 Å². The van der Waals surface area contributed by atoms with Crippen molar-refractivity contribution in [2.75, 3.05) is 55.2 Å². The number of carbonyl (C=O) groups excluding carboxylic acids is 5. The van der Waals surface area contributed by atoms with Gasteiger partial charge in [0.05, 0.1) is 47.4 Å². The molecule has 2 aliphatic heterocycles. The van der Waals surface area contributed by atoms with Crippen molar-refractivity contribution in [1.29, 1.82) is 0 Å². The van der Waals surface area contributed by atoms with Crippen LogP contribution in [0.3, 0.4) is 0 Å². The molecular formula is C48H65N7O6S. The summed E-state index contributed by atoms with van der Waals surface area (Å²) in [6.45, 7) is 10.8. The van der Waals surface area contributed by atoms with E-state index in [2.05, 4.69) is 52.5 Å². The highest BCUT2D eigenvalue weighted by Gasteiger charge is 2.62. The molecule has 4 atom stereocenters. The summed E-state index contributed by atoms with van der Waals surface area (Å²) in [4.78, 5) is 70.4. The van der Waals surface area contributed by atoms with Gasteiger partial charge in [-0.15, -0.1) is 5.10 Å².